The summed E-state index contributed by atoms with van der Waals surface area (Å²) in [7, 11) is 0. The molecule has 0 saturated heterocycles. The molecule has 0 atom stereocenters. The first kappa shape index (κ1) is 19.6. The molecule has 1 saturated carbocycles. The van der Waals surface area contributed by atoms with Crippen molar-refractivity contribution in [2.45, 2.75) is 57.8 Å². The number of aromatic nitrogens is 1. The third-order valence-electron chi connectivity index (χ3n) is 6.02. The fourth-order valence-electron chi connectivity index (χ4n) is 4.60. The van der Waals surface area contributed by atoms with E-state index in [1.807, 2.05) is 6.92 Å². The van der Waals surface area contributed by atoms with Crippen LogP contribution in [0.5, 0.6) is 0 Å². The molecule has 0 aliphatic heterocycles. The minimum atomic E-state index is -1.04. The molecule has 0 amide bonds. The van der Waals surface area contributed by atoms with Crippen LogP contribution in [0.15, 0.2) is 42.5 Å². The molecule has 0 spiro atoms. The molecule has 4 rings (SSSR count). The lowest BCUT2D eigenvalue weighted by atomic mass is 9.83. The summed E-state index contributed by atoms with van der Waals surface area (Å²) in [5, 5.41) is 10.3. The Morgan fingerprint density at radius 3 is 2.48 bits per heavy atom. The van der Waals surface area contributed by atoms with Crippen LogP contribution < -0.4 is 0 Å². The summed E-state index contributed by atoms with van der Waals surface area (Å²) in [5.74, 6) is -0.865. The van der Waals surface area contributed by atoms with Gasteiger partial charge < -0.3 is 5.11 Å². The van der Waals surface area contributed by atoms with E-state index in [0.717, 1.165) is 12.0 Å². The molecule has 0 radical (unpaired) electrons. The number of pyridine rings is 1. The zero-order chi connectivity index (χ0) is 20.4. The Balaban J connectivity index is 1.85. The molecule has 1 aromatic heterocycles. The van der Waals surface area contributed by atoms with E-state index in [1.165, 1.54) is 49.8 Å². The minimum absolute atomic E-state index is 0.169. The lowest BCUT2D eigenvalue weighted by Crippen LogP contribution is -2.08. The van der Waals surface area contributed by atoms with Crippen LogP contribution in [-0.2, 0) is 6.42 Å². The SMILES string of the molecule is CCCc1c(-c2ccc(C3CCCCC3)cc2)nc2ccc(F)cc2c1C(=O)O. The highest BCUT2D eigenvalue weighted by molar-refractivity contribution is 6.05. The Bertz CT molecular complexity index is 1040. The van der Waals surface area contributed by atoms with Crippen LogP contribution in [0, 0.1) is 5.82 Å². The molecule has 29 heavy (non-hydrogen) atoms. The topological polar surface area (TPSA) is 50.2 Å². The number of nitrogens with zero attached hydrogens (tertiary/aromatic N) is 1. The summed E-state index contributed by atoms with van der Waals surface area (Å²) in [4.78, 5) is 16.9. The summed E-state index contributed by atoms with van der Waals surface area (Å²) < 4.78 is 13.8. The second-order valence-corrected chi connectivity index (χ2v) is 7.99. The first-order valence-electron chi connectivity index (χ1n) is 10.5. The number of carbonyl (C=O) groups is 1. The van der Waals surface area contributed by atoms with Crippen molar-refractivity contribution in [3.05, 3.63) is 65.0 Å². The zero-order valence-corrected chi connectivity index (χ0v) is 16.7. The number of halogens is 1. The first-order valence-corrected chi connectivity index (χ1v) is 10.5. The standard InChI is InChI=1S/C25H26FNO2/c1-2-6-20-23(25(28)29)21-15-19(26)13-14-22(21)27-24(20)18-11-9-17(10-12-18)16-7-4-3-5-8-16/h9-16H,2-8H2,1H3,(H,28,29). The number of fused-ring (bicyclic) bond motifs is 1. The van der Waals surface area contributed by atoms with Gasteiger partial charge in [-0.1, -0.05) is 56.9 Å². The third kappa shape index (κ3) is 3.89. The monoisotopic (exact) mass is 391 g/mol. The van der Waals surface area contributed by atoms with E-state index in [0.29, 0.717) is 34.5 Å². The van der Waals surface area contributed by atoms with Crippen LogP contribution >= 0.6 is 0 Å². The quantitative estimate of drug-likeness (QED) is 0.524. The van der Waals surface area contributed by atoms with Crippen molar-refractivity contribution in [1.82, 2.24) is 4.98 Å². The number of hydrogen-bond acceptors (Lipinski definition) is 2. The Morgan fingerprint density at radius 2 is 1.83 bits per heavy atom. The maximum Gasteiger partial charge on any atom is 0.336 e. The second-order valence-electron chi connectivity index (χ2n) is 7.99. The number of carboxylic acids is 1. The maximum atomic E-state index is 13.8. The summed E-state index contributed by atoms with van der Waals surface area (Å²) in [6.45, 7) is 2.01. The van der Waals surface area contributed by atoms with Gasteiger partial charge in [-0.25, -0.2) is 14.2 Å². The molecule has 1 aliphatic rings. The highest BCUT2D eigenvalue weighted by Gasteiger charge is 2.22. The van der Waals surface area contributed by atoms with Gasteiger partial charge in [0.1, 0.15) is 5.82 Å². The first-order chi connectivity index (χ1) is 14.1. The largest absolute Gasteiger partial charge is 0.478 e. The van der Waals surface area contributed by atoms with E-state index in [9.17, 15) is 14.3 Å². The highest BCUT2D eigenvalue weighted by Crippen LogP contribution is 2.35. The van der Waals surface area contributed by atoms with E-state index in [4.69, 9.17) is 4.98 Å². The van der Waals surface area contributed by atoms with Crippen molar-refractivity contribution in [2.24, 2.45) is 0 Å². The van der Waals surface area contributed by atoms with Gasteiger partial charge in [-0.15, -0.1) is 0 Å². The average molecular weight is 391 g/mol. The zero-order valence-electron chi connectivity index (χ0n) is 16.7. The molecular weight excluding hydrogens is 365 g/mol. The third-order valence-corrected chi connectivity index (χ3v) is 6.02. The van der Waals surface area contributed by atoms with Crippen LogP contribution in [0.25, 0.3) is 22.2 Å². The second kappa shape index (κ2) is 8.32. The predicted molar refractivity (Wildman–Crippen MR) is 114 cm³/mol. The predicted octanol–water partition coefficient (Wildman–Crippen LogP) is 6.74. The normalized spacial score (nSPS) is 15.0. The lowest BCUT2D eigenvalue weighted by Gasteiger charge is -2.22. The lowest BCUT2D eigenvalue weighted by molar-refractivity contribution is 0.0698. The van der Waals surface area contributed by atoms with E-state index in [2.05, 4.69) is 24.3 Å². The Morgan fingerprint density at radius 1 is 1.10 bits per heavy atom. The molecule has 1 fully saturated rings. The number of benzene rings is 2. The van der Waals surface area contributed by atoms with Crippen molar-refractivity contribution in [1.29, 1.82) is 0 Å². The molecular formula is C25H26FNO2. The fraction of sp³-hybridized carbons (Fsp3) is 0.360. The fourth-order valence-corrected chi connectivity index (χ4v) is 4.60. The summed E-state index contributed by atoms with van der Waals surface area (Å²) >= 11 is 0. The number of carboxylic acid groups (broad SMARTS) is 1. The summed E-state index contributed by atoms with van der Waals surface area (Å²) in [6.07, 6.45) is 7.76. The molecule has 3 aromatic rings. The molecule has 2 aromatic carbocycles. The van der Waals surface area contributed by atoms with E-state index < -0.39 is 11.8 Å². The molecule has 1 N–H and O–H groups in total. The average Bonchev–Trinajstić information content (AvgIpc) is 2.74. The minimum Gasteiger partial charge on any atom is -0.478 e. The van der Waals surface area contributed by atoms with Crippen molar-refractivity contribution in [3.63, 3.8) is 0 Å². The smallest absolute Gasteiger partial charge is 0.336 e. The van der Waals surface area contributed by atoms with Crippen LogP contribution in [0.1, 0.15) is 72.9 Å². The summed E-state index contributed by atoms with van der Waals surface area (Å²) in [5.41, 5.74) is 4.33. The summed E-state index contributed by atoms with van der Waals surface area (Å²) in [6, 6.07) is 12.6. The highest BCUT2D eigenvalue weighted by atomic mass is 19.1. The molecule has 150 valence electrons. The van der Waals surface area contributed by atoms with Crippen LogP contribution in [0.2, 0.25) is 0 Å². The van der Waals surface area contributed by atoms with Crippen LogP contribution in [-0.4, -0.2) is 16.1 Å². The van der Waals surface area contributed by atoms with Gasteiger partial charge in [0.15, 0.2) is 0 Å². The van der Waals surface area contributed by atoms with E-state index >= 15 is 0 Å². The molecule has 3 nitrogen and oxygen atoms in total. The van der Waals surface area contributed by atoms with E-state index in [-0.39, 0.29) is 5.56 Å². The number of hydrogen-bond donors (Lipinski definition) is 1. The molecule has 1 heterocycles. The van der Waals surface area contributed by atoms with Gasteiger partial charge in [-0.3, -0.25) is 0 Å². The molecule has 0 unspecified atom stereocenters. The Kier molecular flexibility index (Phi) is 5.61. The van der Waals surface area contributed by atoms with Crippen molar-refractivity contribution in [2.75, 3.05) is 0 Å². The van der Waals surface area contributed by atoms with Crippen LogP contribution in [0.3, 0.4) is 0 Å². The van der Waals surface area contributed by atoms with Gasteiger partial charge in [-0.05, 0) is 54.5 Å². The van der Waals surface area contributed by atoms with Gasteiger partial charge in [0.05, 0.1) is 16.8 Å². The number of rotatable bonds is 5. The Labute approximate surface area is 170 Å². The van der Waals surface area contributed by atoms with Gasteiger partial charge in [-0.2, -0.15) is 0 Å². The number of aromatic carboxylic acids is 1. The molecule has 4 heteroatoms. The molecule has 1 aliphatic carbocycles. The van der Waals surface area contributed by atoms with Gasteiger partial charge >= 0.3 is 5.97 Å². The van der Waals surface area contributed by atoms with Crippen molar-refractivity contribution < 1.29 is 14.3 Å². The van der Waals surface area contributed by atoms with E-state index in [1.54, 1.807) is 6.07 Å². The van der Waals surface area contributed by atoms with Crippen molar-refractivity contribution >= 4 is 16.9 Å². The van der Waals surface area contributed by atoms with Gasteiger partial charge in [0.25, 0.3) is 0 Å². The van der Waals surface area contributed by atoms with Gasteiger partial charge in [0.2, 0.25) is 0 Å². The Hall–Kier alpha value is -2.75. The molecule has 0 bridgehead atoms. The maximum absolute atomic E-state index is 13.8. The van der Waals surface area contributed by atoms with Crippen LogP contribution in [0.4, 0.5) is 4.39 Å². The van der Waals surface area contributed by atoms with Gasteiger partial charge in [0, 0.05) is 10.9 Å². The van der Waals surface area contributed by atoms with Crippen molar-refractivity contribution in [3.8, 4) is 11.3 Å².